The molecule has 0 bridgehead atoms. The third kappa shape index (κ3) is 7.15. The number of amides is 1. The smallest absolute Gasteiger partial charge is 0.301 e. The number of rotatable bonds is 10. The Balaban J connectivity index is 1.98. The van der Waals surface area contributed by atoms with Gasteiger partial charge < -0.3 is 69.5 Å². The highest BCUT2D eigenvalue weighted by molar-refractivity contribution is 7.87. The van der Waals surface area contributed by atoms with Gasteiger partial charge in [0.1, 0.15) is 66.2 Å². The normalized spacial score (nSPS) is 45.8. The molecule has 15 atom stereocenters. The molecule has 19 nitrogen and oxygen atoms in total. The van der Waals surface area contributed by atoms with Crippen LogP contribution in [0.3, 0.4) is 0 Å². The summed E-state index contributed by atoms with van der Waals surface area (Å²) in [7, 11) is -3.75. The fourth-order valence-electron chi connectivity index (χ4n) is 4.97. The van der Waals surface area contributed by atoms with Gasteiger partial charge in [-0.05, 0) is 6.92 Å². The second-order valence-corrected chi connectivity index (χ2v) is 11.5. The van der Waals surface area contributed by atoms with Crippen molar-refractivity contribution in [1.29, 1.82) is 0 Å². The van der Waals surface area contributed by atoms with E-state index in [0.29, 0.717) is 0 Å². The number of methoxy groups -OCH3 is 1. The topological polar surface area (TPSA) is 290 Å². The summed E-state index contributed by atoms with van der Waals surface area (Å²) in [5, 5.41) is 81.0. The Morgan fingerprint density at radius 1 is 0.805 bits per heavy atom. The lowest BCUT2D eigenvalue weighted by Gasteiger charge is -2.50. The van der Waals surface area contributed by atoms with Crippen LogP contribution in [0.1, 0.15) is 13.8 Å². The van der Waals surface area contributed by atoms with E-state index in [4.69, 9.17) is 33.7 Å². The molecule has 0 aromatic carbocycles. The molecule has 3 saturated heterocycles. The average molecular weight is 624 g/mol. The van der Waals surface area contributed by atoms with E-state index in [2.05, 4.69) is 9.65 Å². The van der Waals surface area contributed by atoms with Gasteiger partial charge in [-0.25, -0.2) is 5.26 Å². The molecule has 20 heteroatoms. The summed E-state index contributed by atoms with van der Waals surface area (Å²) in [6.45, 7) is 0.679. The number of hydrogen-bond donors (Lipinski definition) is 9. The molecule has 3 rings (SSSR count). The largest absolute Gasteiger partial charge is 0.394 e. The maximum absolute atomic E-state index is 12.1. The van der Waals surface area contributed by atoms with E-state index in [1.165, 1.54) is 14.0 Å². The van der Waals surface area contributed by atoms with Crippen LogP contribution in [0.15, 0.2) is 0 Å². The molecule has 0 saturated carbocycles. The summed E-state index contributed by atoms with van der Waals surface area (Å²) in [6, 6.07) is -1.28. The molecule has 240 valence electrons. The zero-order chi connectivity index (χ0) is 30.8. The highest BCUT2D eigenvalue weighted by Gasteiger charge is 2.56. The van der Waals surface area contributed by atoms with Gasteiger partial charge in [0.05, 0.1) is 19.3 Å². The van der Waals surface area contributed by atoms with Gasteiger partial charge in [0, 0.05) is 14.0 Å². The number of aliphatic hydroxyl groups is 7. The molecule has 1 amide bonds. The molecule has 0 aliphatic carbocycles. The predicted molar refractivity (Wildman–Crippen MR) is 127 cm³/mol. The van der Waals surface area contributed by atoms with Gasteiger partial charge in [-0.1, -0.05) is 0 Å². The zero-order valence-corrected chi connectivity index (χ0v) is 23.0. The van der Waals surface area contributed by atoms with Crippen LogP contribution in [0.2, 0.25) is 0 Å². The lowest BCUT2D eigenvalue weighted by molar-refractivity contribution is -0.366. The maximum atomic E-state index is 12.1. The van der Waals surface area contributed by atoms with Crippen LogP contribution in [0.4, 0.5) is 0 Å². The Kier molecular flexibility index (Phi) is 11.8. The first kappa shape index (κ1) is 34.3. The van der Waals surface area contributed by atoms with Gasteiger partial charge in [0.25, 0.3) is 0 Å². The minimum atomic E-state index is -4.96. The number of carbonyl (C=O) groups excluding carboxylic acids is 1. The Hall–Kier alpha value is -1.18. The molecule has 3 aliphatic heterocycles. The van der Waals surface area contributed by atoms with Crippen molar-refractivity contribution in [3.63, 3.8) is 0 Å². The van der Waals surface area contributed by atoms with E-state index in [1.807, 2.05) is 0 Å². The first-order valence-electron chi connectivity index (χ1n) is 12.5. The number of nitrogens with one attached hydrogen (secondary N) is 1. The molecule has 0 spiro atoms. The summed E-state index contributed by atoms with van der Waals surface area (Å²) >= 11 is 0. The van der Waals surface area contributed by atoms with Crippen LogP contribution in [-0.4, -0.2) is 167 Å². The van der Waals surface area contributed by atoms with Crippen molar-refractivity contribution in [3.8, 4) is 0 Å². The highest BCUT2D eigenvalue weighted by atomic mass is 32.2. The molecular weight excluding hydrogens is 586 g/mol. The van der Waals surface area contributed by atoms with Gasteiger partial charge in [-0.2, -0.15) is 8.42 Å². The molecule has 2 unspecified atom stereocenters. The number of ether oxygens (including phenoxy) is 6. The molecule has 3 aliphatic rings. The first-order valence-corrected chi connectivity index (χ1v) is 14.0. The molecule has 3 heterocycles. The van der Waals surface area contributed by atoms with Crippen LogP contribution < -0.4 is 5.32 Å². The van der Waals surface area contributed by atoms with Crippen LogP contribution in [0.5, 0.6) is 0 Å². The van der Waals surface area contributed by atoms with Crippen molar-refractivity contribution in [1.82, 2.24) is 5.32 Å². The van der Waals surface area contributed by atoms with Crippen molar-refractivity contribution >= 4 is 16.0 Å². The lowest BCUT2D eigenvalue weighted by atomic mass is 9.94. The predicted octanol–water partition coefficient (Wildman–Crippen LogP) is -5.92. The van der Waals surface area contributed by atoms with Crippen molar-refractivity contribution < 1.29 is 87.0 Å². The second kappa shape index (κ2) is 14.1. The number of hydrogen-bond acceptors (Lipinski definition) is 18. The highest BCUT2D eigenvalue weighted by Crippen LogP contribution is 2.34. The lowest BCUT2D eigenvalue weighted by Crippen LogP contribution is -2.70. The molecule has 3 fully saturated rings. The Labute approximate surface area is 234 Å². The van der Waals surface area contributed by atoms with Gasteiger partial charge in [0.15, 0.2) is 18.9 Å². The summed E-state index contributed by atoms with van der Waals surface area (Å²) in [5.74, 6) is -0.619. The minimum absolute atomic E-state index is 0.619. The summed E-state index contributed by atoms with van der Waals surface area (Å²) in [6.07, 6.45) is -21.6. The van der Waals surface area contributed by atoms with E-state index < -0.39 is 120 Å². The van der Waals surface area contributed by atoms with Gasteiger partial charge in [-0.15, -0.1) is 4.33 Å². The second-order valence-electron chi connectivity index (χ2n) is 9.81. The van der Waals surface area contributed by atoms with Crippen LogP contribution in [0, 0.1) is 0 Å². The van der Waals surface area contributed by atoms with Crippen molar-refractivity contribution in [2.75, 3.05) is 20.3 Å². The molecule has 0 radical (unpaired) electrons. The van der Waals surface area contributed by atoms with Gasteiger partial charge in [-0.3, -0.25) is 4.79 Å². The van der Waals surface area contributed by atoms with Gasteiger partial charge >= 0.3 is 10.1 Å². The van der Waals surface area contributed by atoms with E-state index in [1.54, 1.807) is 0 Å². The maximum Gasteiger partial charge on any atom is 0.301 e. The van der Waals surface area contributed by atoms with Crippen LogP contribution >= 0.6 is 0 Å². The van der Waals surface area contributed by atoms with E-state index in [9.17, 15) is 49.0 Å². The molecular formula is C21H37NO18S. The quantitative estimate of drug-likeness (QED) is 0.0808. The third-order valence-electron chi connectivity index (χ3n) is 7.08. The summed E-state index contributed by atoms with van der Waals surface area (Å²) < 4.78 is 61.2. The Morgan fingerprint density at radius 3 is 1.88 bits per heavy atom. The molecule has 41 heavy (non-hydrogen) atoms. The molecule has 9 N–H and O–H groups in total. The molecule has 0 aromatic heterocycles. The van der Waals surface area contributed by atoms with Crippen molar-refractivity contribution in [2.45, 2.75) is 105 Å². The first-order chi connectivity index (χ1) is 19.2. The number of aliphatic hydroxyl groups excluding tert-OH is 7. The zero-order valence-electron chi connectivity index (χ0n) is 22.1. The average Bonchev–Trinajstić information content (AvgIpc) is 2.93. The van der Waals surface area contributed by atoms with Crippen molar-refractivity contribution in [2.24, 2.45) is 0 Å². The van der Waals surface area contributed by atoms with Crippen LogP contribution in [-0.2, 0) is 47.7 Å². The Bertz CT molecular complexity index is 970. The Morgan fingerprint density at radius 2 is 1.34 bits per heavy atom. The SMILES string of the molecule is CO[C@@H]1O[C@H](CO)[C@@H](O[C@@H]2O[C@H](CO)[C@H](S(=O)(=O)OO)C(O)[C@H]2O)[C@H](O[C@@H]2O[C@@H](C)[C@@H](O)[C@@H](O)C2O)[C@H]1NC(C)=O. The summed E-state index contributed by atoms with van der Waals surface area (Å²) in [5.41, 5.74) is 0. The monoisotopic (exact) mass is 623 g/mol. The van der Waals surface area contributed by atoms with E-state index in [0.717, 1.165) is 6.92 Å². The fourth-order valence-corrected chi connectivity index (χ4v) is 6.10. The van der Waals surface area contributed by atoms with Gasteiger partial charge in [0.2, 0.25) is 5.91 Å². The fraction of sp³-hybridized carbons (Fsp3) is 0.952. The van der Waals surface area contributed by atoms with E-state index in [-0.39, 0.29) is 0 Å². The third-order valence-corrected chi connectivity index (χ3v) is 8.53. The summed E-state index contributed by atoms with van der Waals surface area (Å²) in [4.78, 5) is 12.1. The molecule has 0 aromatic rings. The van der Waals surface area contributed by atoms with Crippen molar-refractivity contribution in [3.05, 3.63) is 0 Å². The number of carbonyl (C=O) groups is 1. The minimum Gasteiger partial charge on any atom is -0.394 e. The van der Waals surface area contributed by atoms with Crippen LogP contribution in [0.25, 0.3) is 0 Å². The van der Waals surface area contributed by atoms with E-state index >= 15 is 0 Å². The standard InChI is InChI=1S/C21H37NO18S/c1-6-11(26)12(27)14(29)20(35-6)39-17-10(22-7(2)25)19(34-3)36-8(4-23)16(17)38-21-15(30)13(28)18(9(5-24)37-21)41(32,33)40-31/h6,8-21,23-24,26-31H,4-5H2,1-3H3,(H,22,25)/t6-,8+,9+,10+,11+,12+,13?,14?,15+,16+,17+,18-,19+,20-,21-/m0/s1.